The summed E-state index contributed by atoms with van der Waals surface area (Å²) in [5.41, 5.74) is 1.75. The van der Waals surface area contributed by atoms with Crippen molar-refractivity contribution in [2.75, 3.05) is 5.75 Å². The van der Waals surface area contributed by atoms with Gasteiger partial charge in [-0.05, 0) is 26.7 Å². The summed E-state index contributed by atoms with van der Waals surface area (Å²) in [6, 6.07) is 2.30. The fourth-order valence-electron chi connectivity index (χ4n) is 3.08. The molecule has 3 rings (SSSR count). The number of fused-ring (bicyclic) bond motifs is 1. The van der Waals surface area contributed by atoms with Crippen molar-refractivity contribution in [2.45, 2.75) is 63.6 Å². The molecule has 0 bridgehead atoms. The van der Waals surface area contributed by atoms with E-state index in [-0.39, 0.29) is 5.91 Å². The molecule has 0 unspecified atom stereocenters. The number of aromatic nitrogens is 4. The largest absolute Gasteiger partial charge is 0.353 e. The monoisotopic (exact) mass is 333 g/mol. The van der Waals surface area contributed by atoms with Gasteiger partial charge in [-0.15, -0.1) is 10.2 Å². The van der Waals surface area contributed by atoms with Crippen LogP contribution >= 0.6 is 11.8 Å². The average Bonchev–Trinajstić information content (AvgIpc) is 2.91. The van der Waals surface area contributed by atoms with Crippen molar-refractivity contribution in [1.82, 2.24) is 24.9 Å². The minimum absolute atomic E-state index is 0.143. The van der Waals surface area contributed by atoms with Crippen molar-refractivity contribution in [3.63, 3.8) is 0 Å². The zero-order valence-corrected chi connectivity index (χ0v) is 14.5. The average molecular weight is 333 g/mol. The van der Waals surface area contributed by atoms with E-state index in [1.165, 1.54) is 19.3 Å². The highest BCUT2D eigenvalue weighted by Crippen LogP contribution is 2.20. The third-order valence-corrected chi connectivity index (χ3v) is 5.12. The maximum absolute atomic E-state index is 12.0. The lowest BCUT2D eigenvalue weighted by Gasteiger charge is -2.22. The molecule has 23 heavy (non-hydrogen) atoms. The van der Waals surface area contributed by atoms with Crippen molar-refractivity contribution in [3.05, 3.63) is 17.6 Å². The topological polar surface area (TPSA) is 72.2 Å². The van der Waals surface area contributed by atoms with E-state index in [1.807, 2.05) is 24.3 Å². The molecule has 1 N–H and O–H groups in total. The van der Waals surface area contributed by atoms with Crippen molar-refractivity contribution in [3.8, 4) is 0 Å². The fourth-order valence-corrected chi connectivity index (χ4v) is 4.00. The number of rotatable bonds is 5. The molecule has 1 aliphatic rings. The van der Waals surface area contributed by atoms with Gasteiger partial charge in [-0.2, -0.15) is 0 Å². The van der Waals surface area contributed by atoms with Gasteiger partial charge in [0.25, 0.3) is 0 Å². The van der Waals surface area contributed by atoms with E-state index in [2.05, 4.69) is 20.5 Å². The van der Waals surface area contributed by atoms with Crippen LogP contribution in [-0.4, -0.2) is 37.3 Å². The molecule has 0 atom stereocenters. The number of thioether (sulfide) groups is 1. The maximum atomic E-state index is 12.0. The molecule has 6 nitrogen and oxygen atoms in total. The minimum atomic E-state index is 0.143. The van der Waals surface area contributed by atoms with Gasteiger partial charge < -0.3 is 5.32 Å². The first-order valence-corrected chi connectivity index (χ1v) is 9.23. The van der Waals surface area contributed by atoms with Crippen LogP contribution < -0.4 is 5.32 Å². The molecule has 1 aliphatic carbocycles. The molecule has 0 aliphatic heterocycles. The van der Waals surface area contributed by atoms with E-state index in [4.69, 9.17) is 0 Å². The number of amides is 1. The smallest absolute Gasteiger partial charge is 0.221 e. The van der Waals surface area contributed by atoms with E-state index in [1.54, 1.807) is 11.8 Å². The van der Waals surface area contributed by atoms with E-state index in [9.17, 15) is 4.79 Å². The van der Waals surface area contributed by atoms with Crippen LogP contribution in [0.3, 0.4) is 0 Å². The summed E-state index contributed by atoms with van der Waals surface area (Å²) in [6.45, 7) is 3.90. The molecule has 124 valence electrons. The van der Waals surface area contributed by atoms with Gasteiger partial charge in [0.15, 0.2) is 10.8 Å². The second kappa shape index (κ2) is 7.29. The number of nitrogens with zero attached hydrogens (tertiary/aromatic N) is 4. The second-order valence-corrected chi connectivity index (χ2v) is 7.18. The molecule has 0 aromatic carbocycles. The molecule has 2 aromatic heterocycles. The van der Waals surface area contributed by atoms with E-state index in [0.717, 1.165) is 35.2 Å². The molecule has 0 spiro atoms. The highest BCUT2D eigenvalue weighted by Gasteiger charge is 2.16. The second-order valence-electron chi connectivity index (χ2n) is 6.12. The highest BCUT2D eigenvalue weighted by molar-refractivity contribution is 7.99. The lowest BCUT2D eigenvalue weighted by Crippen LogP contribution is -2.36. The van der Waals surface area contributed by atoms with Crippen molar-refractivity contribution >= 4 is 23.3 Å². The number of aryl methyl sites for hydroxylation is 2. The first kappa shape index (κ1) is 16.2. The van der Waals surface area contributed by atoms with Crippen LogP contribution in [0.2, 0.25) is 0 Å². The Hall–Kier alpha value is -1.63. The number of hydrogen-bond donors (Lipinski definition) is 1. The fraction of sp³-hybridized carbons (Fsp3) is 0.625. The van der Waals surface area contributed by atoms with Crippen LogP contribution in [-0.2, 0) is 4.79 Å². The summed E-state index contributed by atoms with van der Waals surface area (Å²) in [7, 11) is 0. The Labute approximate surface area is 140 Å². The van der Waals surface area contributed by atoms with E-state index >= 15 is 0 Å². The van der Waals surface area contributed by atoms with Gasteiger partial charge in [-0.1, -0.05) is 31.0 Å². The lowest BCUT2D eigenvalue weighted by molar-refractivity contribution is -0.121. The normalized spacial score (nSPS) is 15.9. The Balaban J connectivity index is 1.53. The Morgan fingerprint density at radius 1 is 1.30 bits per heavy atom. The molecule has 2 heterocycles. The number of hydrogen-bond acceptors (Lipinski definition) is 5. The first-order chi connectivity index (χ1) is 11.1. The van der Waals surface area contributed by atoms with Gasteiger partial charge in [0.1, 0.15) is 5.82 Å². The van der Waals surface area contributed by atoms with Crippen LogP contribution in [0.4, 0.5) is 0 Å². The van der Waals surface area contributed by atoms with Gasteiger partial charge in [0.2, 0.25) is 5.91 Å². The lowest BCUT2D eigenvalue weighted by atomic mass is 9.95. The van der Waals surface area contributed by atoms with Crippen LogP contribution in [0.5, 0.6) is 0 Å². The third kappa shape index (κ3) is 4.02. The number of carbonyl (C=O) groups is 1. The molecule has 1 fully saturated rings. The molecule has 7 heteroatoms. The van der Waals surface area contributed by atoms with Gasteiger partial charge in [0, 0.05) is 30.0 Å². The quantitative estimate of drug-likeness (QED) is 0.852. The van der Waals surface area contributed by atoms with Crippen molar-refractivity contribution in [2.24, 2.45) is 0 Å². The van der Waals surface area contributed by atoms with Gasteiger partial charge >= 0.3 is 0 Å². The minimum Gasteiger partial charge on any atom is -0.353 e. The predicted octanol–water partition coefficient (Wildman–Crippen LogP) is 2.67. The van der Waals surface area contributed by atoms with Crippen LogP contribution in [0.1, 0.15) is 50.0 Å². The molecular formula is C16H23N5OS. The summed E-state index contributed by atoms with van der Waals surface area (Å²) >= 11 is 1.56. The Kier molecular flexibility index (Phi) is 5.15. The van der Waals surface area contributed by atoms with Crippen LogP contribution in [0, 0.1) is 13.8 Å². The van der Waals surface area contributed by atoms with Gasteiger partial charge in [-0.3, -0.25) is 9.20 Å². The Bertz CT molecular complexity index is 693. The summed E-state index contributed by atoms with van der Waals surface area (Å²) in [5.74, 6) is 1.72. The summed E-state index contributed by atoms with van der Waals surface area (Å²) in [4.78, 5) is 16.5. The Morgan fingerprint density at radius 3 is 2.87 bits per heavy atom. The van der Waals surface area contributed by atoms with Crippen LogP contribution in [0.25, 0.3) is 5.65 Å². The van der Waals surface area contributed by atoms with Crippen LogP contribution in [0.15, 0.2) is 11.2 Å². The van der Waals surface area contributed by atoms with E-state index < -0.39 is 0 Å². The molecular weight excluding hydrogens is 310 g/mol. The third-order valence-electron chi connectivity index (χ3n) is 4.19. The maximum Gasteiger partial charge on any atom is 0.221 e. The molecule has 1 amide bonds. The molecule has 0 radical (unpaired) electrons. The predicted molar refractivity (Wildman–Crippen MR) is 90.6 cm³/mol. The number of nitrogens with one attached hydrogen (secondary N) is 1. The summed E-state index contributed by atoms with van der Waals surface area (Å²) in [6.07, 6.45) is 6.52. The van der Waals surface area contributed by atoms with Crippen molar-refractivity contribution < 1.29 is 4.79 Å². The highest BCUT2D eigenvalue weighted by atomic mass is 32.2. The van der Waals surface area contributed by atoms with Gasteiger partial charge in [0.05, 0.1) is 0 Å². The summed E-state index contributed by atoms with van der Waals surface area (Å²) in [5, 5.41) is 12.3. The molecule has 0 saturated heterocycles. The standard InChI is InChI=1S/C16H23N5OS/c1-11-10-14-19-20-16(21(14)12(2)17-11)23-9-8-15(22)18-13-6-4-3-5-7-13/h10,13H,3-9H2,1-2H3,(H,18,22). The zero-order valence-electron chi connectivity index (χ0n) is 13.7. The van der Waals surface area contributed by atoms with Gasteiger partial charge in [-0.25, -0.2) is 4.98 Å². The van der Waals surface area contributed by atoms with Crippen molar-refractivity contribution in [1.29, 1.82) is 0 Å². The Morgan fingerprint density at radius 2 is 2.09 bits per heavy atom. The zero-order chi connectivity index (χ0) is 16.2. The summed E-state index contributed by atoms with van der Waals surface area (Å²) < 4.78 is 1.94. The molecule has 2 aromatic rings. The van der Waals surface area contributed by atoms with E-state index in [0.29, 0.717) is 18.2 Å². The SMILES string of the molecule is Cc1cc2nnc(SCCC(=O)NC3CCCCC3)n2c(C)n1. The molecule has 1 saturated carbocycles. The number of carbonyl (C=O) groups excluding carboxylic acids is 1. The first-order valence-electron chi connectivity index (χ1n) is 8.25.